The molecular weight excluding hydrogens is 303 g/mol. The van der Waals surface area contributed by atoms with E-state index in [0.29, 0.717) is 18.4 Å². The van der Waals surface area contributed by atoms with Crippen LogP contribution in [0, 0.1) is 11.3 Å². The molecule has 3 nitrogen and oxygen atoms in total. The molecule has 0 atom stereocenters. The lowest BCUT2D eigenvalue weighted by Crippen LogP contribution is -2.47. The molecule has 0 aromatic carbocycles. The van der Waals surface area contributed by atoms with Crippen molar-refractivity contribution < 1.29 is 26.7 Å². The van der Waals surface area contributed by atoms with Crippen LogP contribution in [0.1, 0.15) is 22.4 Å². The minimum Gasteiger partial charge on any atom is -0.311 e. The molecule has 0 fully saturated rings. The second kappa shape index (κ2) is 4.70. The smallest absolute Gasteiger partial charge is 0.311 e. The van der Waals surface area contributed by atoms with Gasteiger partial charge in [-0.3, -0.25) is 4.79 Å². The molecule has 2 rings (SSSR count). The summed E-state index contributed by atoms with van der Waals surface area (Å²) in [6.45, 7) is 0. The Bertz CT molecular complexity index is 599. The van der Waals surface area contributed by atoms with Gasteiger partial charge in [0.05, 0.1) is 5.56 Å². The average molecular weight is 310 g/mol. The maximum Gasteiger partial charge on any atom is 0.463 e. The number of hydrogen-bond donors (Lipinski definition) is 1. The molecule has 9 heteroatoms. The number of nitriles is 1. The second-order valence-electron chi connectivity index (χ2n) is 4.20. The molecular formula is C11H7F5N2OS. The summed E-state index contributed by atoms with van der Waals surface area (Å²) in [6.07, 6.45) is -3.99. The second-order valence-corrected chi connectivity index (χ2v) is 5.30. The van der Waals surface area contributed by atoms with Gasteiger partial charge in [0.15, 0.2) is 0 Å². The van der Waals surface area contributed by atoms with E-state index in [1.165, 1.54) is 5.32 Å². The zero-order valence-corrected chi connectivity index (χ0v) is 10.6. The van der Waals surface area contributed by atoms with Crippen molar-refractivity contribution in [3.05, 3.63) is 16.0 Å². The fourth-order valence-corrected chi connectivity index (χ4v) is 3.16. The monoisotopic (exact) mass is 310 g/mol. The van der Waals surface area contributed by atoms with Crippen LogP contribution in [0.2, 0.25) is 0 Å². The summed E-state index contributed by atoms with van der Waals surface area (Å²) in [5.41, 5.74) is 0.608. The number of alkyl halides is 5. The molecule has 0 saturated heterocycles. The standard InChI is InChI=1S/C11H7F5N2OS/c12-10(13,11(14,15)16)9(19)18-8-6(4-17)5-2-1-3-7(5)20-8/h1-3H2,(H,18,19). The predicted molar refractivity (Wildman–Crippen MR) is 60.7 cm³/mol. The third kappa shape index (κ3) is 2.24. The van der Waals surface area contributed by atoms with Crippen molar-refractivity contribution in [3.63, 3.8) is 0 Å². The number of hydrogen-bond acceptors (Lipinski definition) is 3. The summed E-state index contributed by atoms with van der Waals surface area (Å²) in [4.78, 5) is 11.8. The van der Waals surface area contributed by atoms with Crippen LogP contribution in [-0.4, -0.2) is 18.0 Å². The Morgan fingerprint density at radius 1 is 1.25 bits per heavy atom. The first kappa shape index (κ1) is 14.7. The van der Waals surface area contributed by atoms with Crippen LogP contribution in [0.5, 0.6) is 0 Å². The van der Waals surface area contributed by atoms with Gasteiger partial charge >= 0.3 is 18.0 Å². The van der Waals surface area contributed by atoms with Gasteiger partial charge in [0.25, 0.3) is 0 Å². The quantitative estimate of drug-likeness (QED) is 0.853. The number of nitrogens with one attached hydrogen (secondary N) is 1. The SMILES string of the molecule is N#Cc1c(NC(=O)C(F)(F)C(F)(F)F)sc2c1CCC2. The number of rotatable bonds is 2. The van der Waals surface area contributed by atoms with E-state index in [4.69, 9.17) is 5.26 Å². The number of amides is 1. The first-order chi connectivity index (χ1) is 9.18. The van der Waals surface area contributed by atoms with E-state index in [-0.39, 0.29) is 10.6 Å². The van der Waals surface area contributed by atoms with Crippen LogP contribution in [0.25, 0.3) is 0 Å². The molecule has 1 heterocycles. The van der Waals surface area contributed by atoms with Crippen molar-refractivity contribution in [2.75, 3.05) is 5.32 Å². The minimum atomic E-state index is -5.97. The normalized spacial score (nSPS) is 14.8. The number of anilines is 1. The van der Waals surface area contributed by atoms with Crippen molar-refractivity contribution in [3.8, 4) is 6.07 Å². The molecule has 1 amide bonds. The van der Waals surface area contributed by atoms with Crippen molar-refractivity contribution in [2.24, 2.45) is 0 Å². The topological polar surface area (TPSA) is 52.9 Å². The molecule has 0 aliphatic heterocycles. The lowest BCUT2D eigenvalue weighted by molar-refractivity contribution is -0.267. The van der Waals surface area contributed by atoms with E-state index in [1.807, 2.05) is 0 Å². The number of nitrogens with zero attached hydrogens (tertiary/aromatic N) is 1. The summed E-state index contributed by atoms with van der Waals surface area (Å²) in [5, 5.41) is 10.2. The predicted octanol–water partition coefficient (Wildman–Crippen LogP) is 3.24. The summed E-state index contributed by atoms with van der Waals surface area (Å²) >= 11 is 0.873. The van der Waals surface area contributed by atoms with Crippen molar-refractivity contribution in [2.45, 2.75) is 31.4 Å². The first-order valence-electron chi connectivity index (χ1n) is 5.49. The molecule has 0 unspecified atom stereocenters. The molecule has 1 aromatic rings. The summed E-state index contributed by atoms with van der Waals surface area (Å²) in [5.74, 6) is -7.96. The summed E-state index contributed by atoms with van der Waals surface area (Å²) < 4.78 is 61.8. The molecule has 108 valence electrons. The zero-order chi connectivity index (χ0) is 15.1. The fourth-order valence-electron chi connectivity index (χ4n) is 1.92. The van der Waals surface area contributed by atoms with Gasteiger partial charge in [-0.05, 0) is 24.8 Å². The number of carbonyl (C=O) groups is 1. The van der Waals surface area contributed by atoms with Crippen LogP contribution < -0.4 is 5.32 Å². The Morgan fingerprint density at radius 2 is 1.90 bits per heavy atom. The molecule has 1 aliphatic carbocycles. The van der Waals surface area contributed by atoms with Gasteiger partial charge in [-0.15, -0.1) is 11.3 Å². The number of halogens is 5. The highest BCUT2D eigenvalue weighted by Gasteiger charge is 2.63. The molecule has 0 bridgehead atoms. The Labute approximate surface area is 114 Å². The third-order valence-electron chi connectivity index (χ3n) is 2.90. The average Bonchev–Trinajstić information content (AvgIpc) is 2.87. The third-order valence-corrected chi connectivity index (χ3v) is 4.11. The van der Waals surface area contributed by atoms with Crippen LogP contribution in [-0.2, 0) is 17.6 Å². The van der Waals surface area contributed by atoms with E-state index in [1.54, 1.807) is 6.07 Å². The Morgan fingerprint density at radius 3 is 2.45 bits per heavy atom. The highest BCUT2D eigenvalue weighted by atomic mass is 32.1. The maximum atomic E-state index is 12.8. The van der Waals surface area contributed by atoms with E-state index in [2.05, 4.69) is 0 Å². The van der Waals surface area contributed by atoms with Crippen LogP contribution in [0.3, 0.4) is 0 Å². The van der Waals surface area contributed by atoms with Crippen LogP contribution in [0.4, 0.5) is 27.0 Å². The van der Waals surface area contributed by atoms with Crippen molar-refractivity contribution in [1.29, 1.82) is 5.26 Å². The Hall–Kier alpha value is -1.69. The van der Waals surface area contributed by atoms with E-state index in [9.17, 15) is 26.7 Å². The lowest BCUT2D eigenvalue weighted by atomic mass is 10.1. The zero-order valence-electron chi connectivity index (χ0n) is 9.77. The fraction of sp³-hybridized carbons (Fsp3) is 0.455. The van der Waals surface area contributed by atoms with Crippen molar-refractivity contribution >= 4 is 22.2 Å². The van der Waals surface area contributed by atoms with Crippen LogP contribution >= 0.6 is 11.3 Å². The molecule has 0 saturated carbocycles. The Balaban J connectivity index is 2.28. The molecule has 1 N–H and O–H groups in total. The van der Waals surface area contributed by atoms with Gasteiger partial charge in [0, 0.05) is 4.88 Å². The molecule has 1 aliphatic rings. The van der Waals surface area contributed by atoms with Gasteiger partial charge in [0.2, 0.25) is 0 Å². The number of aryl methyl sites for hydroxylation is 1. The molecule has 1 aromatic heterocycles. The van der Waals surface area contributed by atoms with Crippen molar-refractivity contribution in [1.82, 2.24) is 0 Å². The highest BCUT2D eigenvalue weighted by Crippen LogP contribution is 2.41. The van der Waals surface area contributed by atoms with Gasteiger partial charge in [-0.25, -0.2) is 0 Å². The van der Waals surface area contributed by atoms with E-state index < -0.39 is 18.0 Å². The lowest BCUT2D eigenvalue weighted by Gasteiger charge is -2.18. The van der Waals surface area contributed by atoms with Gasteiger partial charge < -0.3 is 5.32 Å². The Kier molecular flexibility index (Phi) is 3.46. The van der Waals surface area contributed by atoms with Gasteiger partial charge in [-0.2, -0.15) is 27.2 Å². The molecule has 0 spiro atoms. The van der Waals surface area contributed by atoms with E-state index >= 15 is 0 Å². The highest BCUT2D eigenvalue weighted by molar-refractivity contribution is 7.16. The molecule has 20 heavy (non-hydrogen) atoms. The van der Waals surface area contributed by atoms with E-state index in [0.717, 1.165) is 22.6 Å². The number of fused-ring (bicyclic) bond motifs is 1. The first-order valence-corrected chi connectivity index (χ1v) is 6.30. The summed E-state index contributed by atoms with van der Waals surface area (Å²) in [7, 11) is 0. The van der Waals surface area contributed by atoms with Crippen LogP contribution in [0.15, 0.2) is 0 Å². The van der Waals surface area contributed by atoms with Gasteiger partial charge in [-0.1, -0.05) is 0 Å². The maximum absolute atomic E-state index is 12.8. The molecule has 0 radical (unpaired) electrons. The van der Waals surface area contributed by atoms with Gasteiger partial charge in [0.1, 0.15) is 11.1 Å². The number of thiophene rings is 1. The summed E-state index contributed by atoms with van der Waals surface area (Å²) in [6, 6.07) is 1.74. The minimum absolute atomic E-state index is 0.0196. The number of carbonyl (C=O) groups excluding carboxylic acids is 1. The largest absolute Gasteiger partial charge is 0.463 e.